The Labute approximate surface area is 142 Å². The van der Waals surface area contributed by atoms with Crippen LogP contribution >= 0.6 is 11.8 Å². The Morgan fingerprint density at radius 1 is 1.17 bits per heavy atom. The zero-order valence-corrected chi connectivity index (χ0v) is 14.7. The van der Waals surface area contributed by atoms with Crippen LogP contribution in [0.25, 0.3) is 0 Å². The highest BCUT2D eigenvalue weighted by Crippen LogP contribution is 2.44. The van der Waals surface area contributed by atoms with Crippen LogP contribution in [0.5, 0.6) is 0 Å². The number of amides is 2. The maximum atomic E-state index is 13.0. The van der Waals surface area contributed by atoms with Gasteiger partial charge in [-0.3, -0.25) is 9.59 Å². The lowest BCUT2D eigenvalue weighted by Crippen LogP contribution is -2.53. The Balaban J connectivity index is 1.77. The SMILES string of the molecule is CCC(=O)N1CCC2(CC1)SCCN2C(=O)c1ccccc1C. The molecule has 2 aliphatic rings. The first-order chi connectivity index (χ1) is 11.1. The van der Waals surface area contributed by atoms with Crippen molar-refractivity contribution in [1.82, 2.24) is 9.80 Å². The lowest BCUT2D eigenvalue weighted by atomic mass is 9.99. The average molecular weight is 332 g/mol. The highest BCUT2D eigenvalue weighted by Gasteiger charge is 2.47. The van der Waals surface area contributed by atoms with Gasteiger partial charge in [-0.2, -0.15) is 0 Å². The van der Waals surface area contributed by atoms with Crippen molar-refractivity contribution in [1.29, 1.82) is 0 Å². The van der Waals surface area contributed by atoms with Crippen molar-refractivity contribution in [2.45, 2.75) is 38.0 Å². The number of rotatable bonds is 2. The summed E-state index contributed by atoms with van der Waals surface area (Å²) < 4.78 is 0. The molecule has 5 heteroatoms. The topological polar surface area (TPSA) is 40.6 Å². The quantitative estimate of drug-likeness (QED) is 0.836. The first-order valence-corrected chi connectivity index (χ1v) is 9.35. The van der Waals surface area contributed by atoms with E-state index < -0.39 is 0 Å². The molecule has 0 aromatic heterocycles. The van der Waals surface area contributed by atoms with E-state index in [0.29, 0.717) is 6.42 Å². The van der Waals surface area contributed by atoms with Crippen LogP contribution in [0.15, 0.2) is 24.3 Å². The minimum absolute atomic E-state index is 0.121. The molecule has 4 nitrogen and oxygen atoms in total. The Bertz CT molecular complexity index is 609. The molecule has 0 aliphatic carbocycles. The molecule has 0 atom stereocenters. The maximum absolute atomic E-state index is 13.0. The second-order valence-corrected chi connectivity index (χ2v) is 7.76. The number of carbonyl (C=O) groups is 2. The van der Waals surface area contributed by atoms with E-state index in [9.17, 15) is 9.59 Å². The summed E-state index contributed by atoms with van der Waals surface area (Å²) >= 11 is 1.89. The molecule has 1 spiro atoms. The molecule has 0 saturated carbocycles. The number of hydrogen-bond donors (Lipinski definition) is 0. The molecule has 124 valence electrons. The van der Waals surface area contributed by atoms with Crippen LogP contribution < -0.4 is 0 Å². The zero-order chi connectivity index (χ0) is 16.4. The highest BCUT2D eigenvalue weighted by atomic mass is 32.2. The Morgan fingerprint density at radius 2 is 1.87 bits per heavy atom. The number of thioether (sulfide) groups is 1. The van der Waals surface area contributed by atoms with Crippen LogP contribution in [-0.2, 0) is 4.79 Å². The van der Waals surface area contributed by atoms with Crippen molar-refractivity contribution < 1.29 is 9.59 Å². The van der Waals surface area contributed by atoms with Gasteiger partial charge in [-0.15, -0.1) is 11.8 Å². The molecule has 2 fully saturated rings. The van der Waals surface area contributed by atoms with Gasteiger partial charge in [-0.25, -0.2) is 0 Å². The Kier molecular flexibility index (Phi) is 4.67. The largest absolute Gasteiger partial charge is 0.342 e. The fourth-order valence-electron chi connectivity index (χ4n) is 3.60. The lowest BCUT2D eigenvalue weighted by molar-refractivity contribution is -0.132. The fraction of sp³-hybridized carbons (Fsp3) is 0.556. The predicted molar refractivity (Wildman–Crippen MR) is 93.5 cm³/mol. The maximum Gasteiger partial charge on any atom is 0.255 e. The molecule has 1 aromatic rings. The van der Waals surface area contributed by atoms with Crippen LogP contribution in [-0.4, -0.2) is 51.9 Å². The second-order valence-electron chi connectivity index (χ2n) is 6.30. The van der Waals surface area contributed by atoms with E-state index in [2.05, 4.69) is 4.90 Å². The minimum atomic E-state index is -0.121. The monoisotopic (exact) mass is 332 g/mol. The van der Waals surface area contributed by atoms with Crippen molar-refractivity contribution in [2.75, 3.05) is 25.4 Å². The number of aryl methyl sites for hydroxylation is 1. The summed E-state index contributed by atoms with van der Waals surface area (Å²) in [6, 6.07) is 7.81. The average Bonchev–Trinajstić information content (AvgIpc) is 2.98. The van der Waals surface area contributed by atoms with Gasteiger partial charge in [-0.1, -0.05) is 25.1 Å². The molecule has 3 rings (SSSR count). The fourth-order valence-corrected chi connectivity index (χ4v) is 5.05. The third kappa shape index (κ3) is 2.99. The summed E-state index contributed by atoms with van der Waals surface area (Å²) in [7, 11) is 0. The van der Waals surface area contributed by atoms with Crippen molar-refractivity contribution >= 4 is 23.6 Å². The van der Waals surface area contributed by atoms with Gasteiger partial charge in [0.2, 0.25) is 5.91 Å². The van der Waals surface area contributed by atoms with E-state index in [1.165, 1.54) is 0 Å². The van der Waals surface area contributed by atoms with E-state index in [4.69, 9.17) is 0 Å². The summed E-state index contributed by atoms with van der Waals surface area (Å²) in [4.78, 5) is 28.8. The third-order valence-corrected chi connectivity index (χ3v) is 6.55. The van der Waals surface area contributed by atoms with Crippen LogP contribution in [0.4, 0.5) is 0 Å². The summed E-state index contributed by atoms with van der Waals surface area (Å²) in [6.07, 6.45) is 2.31. The smallest absolute Gasteiger partial charge is 0.255 e. The second kappa shape index (κ2) is 6.56. The number of hydrogen-bond acceptors (Lipinski definition) is 3. The summed E-state index contributed by atoms with van der Waals surface area (Å²) in [5.41, 5.74) is 1.84. The summed E-state index contributed by atoms with van der Waals surface area (Å²) in [5.74, 6) is 1.35. The van der Waals surface area contributed by atoms with Crippen LogP contribution in [0.2, 0.25) is 0 Å². The molecule has 1 aromatic carbocycles. The highest BCUT2D eigenvalue weighted by molar-refractivity contribution is 8.00. The number of benzene rings is 1. The van der Waals surface area contributed by atoms with Crippen LogP contribution in [0, 0.1) is 6.92 Å². The normalized spacial score (nSPS) is 20.1. The van der Waals surface area contributed by atoms with Crippen LogP contribution in [0.1, 0.15) is 42.1 Å². The van der Waals surface area contributed by atoms with E-state index in [1.54, 1.807) is 0 Å². The molecule has 2 saturated heterocycles. The first kappa shape index (κ1) is 16.4. The predicted octanol–water partition coefficient (Wildman–Crippen LogP) is 2.91. The van der Waals surface area contributed by atoms with E-state index in [1.807, 2.05) is 54.8 Å². The minimum Gasteiger partial charge on any atom is -0.342 e. The number of nitrogens with zero attached hydrogens (tertiary/aromatic N) is 2. The zero-order valence-electron chi connectivity index (χ0n) is 13.9. The van der Waals surface area contributed by atoms with E-state index >= 15 is 0 Å². The molecular formula is C18H24N2O2S. The molecule has 0 radical (unpaired) electrons. The van der Waals surface area contributed by atoms with Gasteiger partial charge in [0.05, 0.1) is 4.87 Å². The van der Waals surface area contributed by atoms with E-state index in [-0.39, 0.29) is 16.7 Å². The molecule has 2 heterocycles. The summed E-state index contributed by atoms with van der Waals surface area (Å²) in [5, 5.41) is 0. The van der Waals surface area contributed by atoms with E-state index in [0.717, 1.165) is 49.4 Å². The first-order valence-electron chi connectivity index (χ1n) is 8.37. The van der Waals surface area contributed by atoms with Crippen molar-refractivity contribution in [3.05, 3.63) is 35.4 Å². The third-order valence-electron chi connectivity index (χ3n) is 5.00. The Hall–Kier alpha value is -1.49. The van der Waals surface area contributed by atoms with Crippen molar-refractivity contribution in [3.8, 4) is 0 Å². The summed E-state index contributed by atoms with van der Waals surface area (Å²) in [6.45, 7) is 6.23. The van der Waals surface area contributed by atoms with Gasteiger partial charge in [0.25, 0.3) is 5.91 Å². The molecule has 2 aliphatic heterocycles. The van der Waals surface area contributed by atoms with Gasteiger partial charge in [0, 0.05) is 37.4 Å². The van der Waals surface area contributed by atoms with Crippen molar-refractivity contribution in [2.24, 2.45) is 0 Å². The van der Waals surface area contributed by atoms with Gasteiger partial charge >= 0.3 is 0 Å². The molecule has 2 amide bonds. The number of likely N-dealkylation sites (tertiary alicyclic amines) is 1. The molecule has 0 unspecified atom stereocenters. The van der Waals surface area contributed by atoms with Gasteiger partial charge < -0.3 is 9.80 Å². The van der Waals surface area contributed by atoms with Gasteiger partial charge in [-0.05, 0) is 31.4 Å². The van der Waals surface area contributed by atoms with Crippen LogP contribution in [0.3, 0.4) is 0 Å². The lowest BCUT2D eigenvalue weighted by Gasteiger charge is -2.44. The Morgan fingerprint density at radius 3 is 2.52 bits per heavy atom. The molecule has 23 heavy (non-hydrogen) atoms. The molecular weight excluding hydrogens is 308 g/mol. The van der Waals surface area contributed by atoms with Gasteiger partial charge in [0.1, 0.15) is 0 Å². The molecule has 0 N–H and O–H groups in total. The molecule has 0 bridgehead atoms. The number of piperidine rings is 1. The standard InChI is InChI=1S/C18H24N2O2S/c1-3-16(21)19-10-8-18(9-11-19)20(12-13-23-18)17(22)15-7-5-4-6-14(15)2/h4-7H,3,8-13H2,1-2H3. The van der Waals surface area contributed by atoms with Crippen molar-refractivity contribution in [3.63, 3.8) is 0 Å². The van der Waals surface area contributed by atoms with Gasteiger partial charge in [0.15, 0.2) is 0 Å². The number of carbonyl (C=O) groups excluding carboxylic acids is 2.